The summed E-state index contributed by atoms with van der Waals surface area (Å²) >= 11 is 7.38. The van der Waals surface area contributed by atoms with Gasteiger partial charge < -0.3 is 14.1 Å². The van der Waals surface area contributed by atoms with Gasteiger partial charge in [-0.15, -0.1) is 0 Å². The van der Waals surface area contributed by atoms with Crippen LogP contribution in [0.25, 0.3) is 0 Å². The van der Waals surface area contributed by atoms with Gasteiger partial charge in [-0.1, -0.05) is 29.9 Å². The van der Waals surface area contributed by atoms with Gasteiger partial charge in [-0.25, -0.2) is 9.78 Å². The van der Waals surface area contributed by atoms with Crippen LogP contribution >= 0.6 is 22.9 Å². The van der Waals surface area contributed by atoms with Crippen LogP contribution in [0.3, 0.4) is 0 Å². The molecule has 0 bridgehead atoms. The van der Waals surface area contributed by atoms with Gasteiger partial charge in [0.1, 0.15) is 11.5 Å². The first-order chi connectivity index (χ1) is 11.0. The lowest BCUT2D eigenvalue weighted by Gasteiger charge is -2.37. The van der Waals surface area contributed by atoms with Crippen molar-refractivity contribution in [3.63, 3.8) is 0 Å². The quantitative estimate of drug-likeness (QED) is 0.761. The number of methoxy groups -OCH3 is 1. The molecule has 2 unspecified atom stereocenters. The summed E-state index contributed by atoms with van der Waals surface area (Å²) in [5.41, 5.74) is 0. The number of aromatic nitrogens is 1. The van der Waals surface area contributed by atoms with Gasteiger partial charge >= 0.3 is 5.97 Å². The molecule has 1 aliphatic heterocycles. The Balaban J connectivity index is 1.94. The number of furan rings is 1. The monoisotopic (exact) mass is 354 g/mol. The fourth-order valence-corrected chi connectivity index (χ4v) is 4.18. The van der Waals surface area contributed by atoms with E-state index >= 15 is 0 Å². The molecule has 124 valence electrons. The third-order valence-electron chi connectivity index (χ3n) is 4.15. The number of anilines is 1. The Morgan fingerprint density at radius 1 is 1.52 bits per heavy atom. The summed E-state index contributed by atoms with van der Waals surface area (Å²) in [5.74, 6) is 1.98. The summed E-state index contributed by atoms with van der Waals surface area (Å²) in [5, 5.41) is 0.936. The molecule has 0 spiro atoms. The molecule has 0 aliphatic carbocycles. The van der Waals surface area contributed by atoms with E-state index in [1.54, 1.807) is 0 Å². The van der Waals surface area contributed by atoms with Crippen LogP contribution in [-0.2, 0) is 4.74 Å². The fourth-order valence-electron chi connectivity index (χ4n) is 2.91. The zero-order valence-corrected chi connectivity index (χ0v) is 14.9. The van der Waals surface area contributed by atoms with Crippen molar-refractivity contribution >= 4 is 34.0 Å². The van der Waals surface area contributed by atoms with Crippen molar-refractivity contribution in [1.29, 1.82) is 0 Å². The lowest BCUT2D eigenvalue weighted by Crippen LogP contribution is -2.36. The minimum atomic E-state index is -0.450. The Kier molecular flexibility index (Phi) is 4.64. The van der Waals surface area contributed by atoms with Gasteiger partial charge in [-0.2, -0.15) is 0 Å². The van der Waals surface area contributed by atoms with Crippen molar-refractivity contribution < 1.29 is 13.9 Å². The lowest BCUT2D eigenvalue weighted by atomic mass is 9.91. The van der Waals surface area contributed by atoms with Crippen LogP contribution in [0.15, 0.2) is 16.5 Å². The summed E-state index contributed by atoms with van der Waals surface area (Å²) in [6, 6.07) is 4.10. The predicted molar refractivity (Wildman–Crippen MR) is 90.4 cm³/mol. The molecular weight excluding hydrogens is 336 g/mol. The fraction of sp³-hybridized carbons (Fsp3) is 0.500. The second-order valence-electron chi connectivity index (χ2n) is 5.90. The number of rotatable bonds is 3. The highest BCUT2D eigenvalue weighted by Crippen LogP contribution is 2.41. The summed E-state index contributed by atoms with van der Waals surface area (Å²) in [7, 11) is 1.34. The first kappa shape index (κ1) is 16.3. The number of thiazole rings is 1. The molecule has 7 heteroatoms. The molecule has 2 atom stereocenters. The summed E-state index contributed by atoms with van der Waals surface area (Å²) < 4.78 is 10.6. The molecule has 0 N–H and O–H groups in total. The average molecular weight is 355 g/mol. The second kappa shape index (κ2) is 6.53. The van der Waals surface area contributed by atoms with Gasteiger partial charge in [0.2, 0.25) is 0 Å². The molecule has 0 amide bonds. The van der Waals surface area contributed by atoms with Crippen LogP contribution < -0.4 is 4.90 Å². The highest BCUT2D eigenvalue weighted by atomic mass is 35.5. The Morgan fingerprint density at radius 2 is 2.30 bits per heavy atom. The standard InChI is InChI=1S/C16H19ClN2O3S/c1-9-6-7-19(11(8-9)12-5-4-10(2)22-12)16-18-14(17)13(23-16)15(20)21-3/h4-5,9,11H,6-8H2,1-3H3. The van der Waals surface area contributed by atoms with E-state index in [-0.39, 0.29) is 11.2 Å². The van der Waals surface area contributed by atoms with Crippen LogP contribution in [0.2, 0.25) is 5.15 Å². The largest absolute Gasteiger partial charge is 0.465 e. The number of nitrogens with zero attached hydrogens (tertiary/aromatic N) is 2. The zero-order valence-electron chi connectivity index (χ0n) is 13.3. The Labute approximate surface area is 144 Å². The van der Waals surface area contributed by atoms with Crippen molar-refractivity contribution in [3.8, 4) is 0 Å². The number of ether oxygens (including phenoxy) is 1. The molecule has 1 aliphatic rings. The van der Waals surface area contributed by atoms with Gasteiger partial charge in [-0.05, 0) is 37.8 Å². The molecule has 1 fully saturated rings. The van der Waals surface area contributed by atoms with Crippen molar-refractivity contribution in [3.05, 3.63) is 33.7 Å². The van der Waals surface area contributed by atoms with Crippen LogP contribution in [-0.4, -0.2) is 24.6 Å². The lowest BCUT2D eigenvalue weighted by molar-refractivity contribution is 0.0606. The molecule has 0 saturated carbocycles. The maximum Gasteiger partial charge on any atom is 0.351 e. The van der Waals surface area contributed by atoms with Gasteiger partial charge in [0.25, 0.3) is 0 Å². The van der Waals surface area contributed by atoms with E-state index in [9.17, 15) is 4.79 Å². The van der Waals surface area contributed by atoms with Gasteiger partial charge in [0.15, 0.2) is 15.2 Å². The van der Waals surface area contributed by atoms with E-state index in [4.69, 9.17) is 20.8 Å². The van der Waals surface area contributed by atoms with Crippen molar-refractivity contribution in [2.24, 2.45) is 5.92 Å². The number of esters is 1. The topological polar surface area (TPSA) is 55.6 Å². The molecule has 0 aromatic carbocycles. The number of hydrogen-bond acceptors (Lipinski definition) is 6. The van der Waals surface area contributed by atoms with Crippen LogP contribution in [0, 0.1) is 12.8 Å². The molecule has 3 heterocycles. The zero-order chi connectivity index (χ0) is 16.6. The van der Waals surface area contributed by atoms with Gasteiger partial charge in [0.05, 0.1) is 13.2 Å². The average Bonchev–Trinajstić information content (AvgIpc) is 3.12. The molecule has 2 aromatic heterocycles. The molecule has 23 heavy (non-hydrogen) atoms. The molecule has 5 nitrogen and oxygen atoms in total. The normalized spacial score (nSPS) is 21.5. The molecule has 0 radical (unpaired) electrons. The minimum Gasteiger partial charge on any atom is -0.465 e. The number of aryl methyl sites for hydroxylation is 1. The maximum absolute atomic E-state index is 11.8. The first-order valence-electron chi connectivity index (χ1n) is 7.57. The van der Waals surface area contributed by atoms with E-state index in [0.29, 0.717) is 10.8 Å². The first-order valence-corrected chi connectivity index (χ1v) is 8.76. The second-order valence-corrected chi connectivity index (χ2v) is 7.23. The Hall–Kier alpha value is -1.53. The Morgan fingerprint density at radius 3 is 2.96 bits per heavy atom. The Bertz CT molecular complexity index is 712. The third kappa shape index (κ3) is 3.23. The molecular formula is C16H19ClN2O3S. The number of carbonyl (C=O) groups excluding carboxylic acids is 1. The van der Waals surface area contributed by atoms with E-state index in [1.165, 1.54) is 18.4 Å². The smallest absolute Gasteiger partial charge is 0.351 e. The highest BCUT2D eigenvalue weighted by molar-refractivity contribution is 7.18. The van der Waals surface area contributed by atoms with Gasteiger partial charge in [0, 0.05) is 6.54 Å². The molecule has 2 aromatic rings. The number of hydrogen-bond donors (Lipinski definition) is 0. The van der Waals surface area contributed by atoms with Crippen LogP contribution in [0.4, 0.5) is 5.13 Å². The number of piperidine rings is 1. The highest BCUT2D eigenvalue weighted by Gasteiger charge is 2.33. The number of carbonyl (C=O) groups is 1. The summed E-state index contributed by atoms with van der Waals surface area (Å²) in [6.45, 7) is 5.04. The van der Waals surface area contributed by atoms with E-state index < -0.39 is 5.97 Å². The van der Waals surface area contributed by atoms with Crippen molar-refractivity contribution in [2.45, 2.75) is 32.7 Å². The maximum atomic E-state index is 11.8. The van der Waals surface area contributed by atoms with E-state index in [1.807, 2.05) is 19.1 Å². The molecule has 3 rings (SSSR count). The van der Waals surface area contributed by atoms with Crippen molar-refractivity contribution in [2.75, 3.05) is 18.6 Å². The van der Waals surface area contributed by atoms with E-state index in [0.717, 1.165) is 36.0 Å². The number of halogens is 1. The molecule has 1 saturated heterocycles. The predicted octanol–water partition coefficient (Wildman–Crippen LogP) is 4.46. The summed E-state index contributed by atoms with van der Waals surface area (Å²) in [6.07, 6.45) is 2.05. The van der Waals surface area contributed by atoms with Crippen LogP contribution in [0.5, 0.6) is 0 Å². The third-order valence-corrected chi connectivity index (χ3v) is 5.60. The van der Waals surface area contributed by atoms with Gasteiger partial charge in [-0.3, -0.25) is 0 Å². The van der Waals surface area contributed by atoms with Crippen molar-refractivity contribution in [1.82, 2.24) is 4.98 Å². The SMILES string of the molecule is COC(=O)c1sc(N2CCC(C)CC2c2ccc(C)o2)nc1Cl. The van der Waals surface area contributed by atoms with Crippen LogP contribution in [0.1, 0.15) is 47.0 Å². The van der Waals surface area contributed by atoms with E-state index in [2.05, 4.69) is 16.8 Å². The minimum absolute atomic E-state index is 0.111. The summed E-state index contributed by atoms with van der Waals surface area (Å²) in [4.78, 5) is 18.7.